The molecule has 0 spiro atoms. The molecule has 0 unspecified atom stereocenters. The fourth-order valence-electron chi connectivity index (χ4n) is 12.0. The fourth-order valence-corrected chi connectivity index (χ4v) is 12.0. The minimum absolute atomic E-state index is 0.157. The molecular weight excluding hydrogens is 869 g/mol. The van der Waals surface area contributed by atoms with Crippen molar-refractivity contribution >= 4 is 44.9 Å². The van der Waals surface area contributed by atoms with Gasteiger partial charge >= 0.3 is 0 Å². The third-order valence-corrected chi connectivity index (χ3v) is 15.6. The van der Waals surface area contributed by atoms with Crippen LogP contribution >= 0.6 is 0 Å². The number of nitrogens with zero attached hydrogens (tertiary/aromatic N) is 2. The number of rotatable bonds is 9. The first kappa shape index (κ1) is 43.3. The maximum absolute atomic E-state index is 2.45. The van der Waals surface area contributed by atoms with E-state index in [0.29, 0.717) is 0 Å². The Morgan fingerprint density at radius 3 is 1.22 bits per heavy atom. The van der Waals surface area contributed by atoms with Gasteiger partial charge in [-0.1, -0.05) is 216 Å². The summed E-state index contributed by atoms with van der Waals surface area (Å²) in [5.74, 6) is 0. The van der Waals surface area contributed by atoms with Crippen LogP contribution in [0.2, 0.25) is 0 Å². The predicted octanol–water partition coefficient (Wildman–Crippen LogP) is 19.4. The van der Waals surface area contributed by atoms with Crippen LogP contribution in [0.15, 0.2) is 255 Å². The molecular formula is C70H54N2. The molecule has 0 heterocycles. The van der Waals surface area contributed by atoms with Gasteiger partial charge in [0.1, 0.15) is 0 Å². The van der Waals surface area contributed by atoms with E-state index in [0.717, 1.165) is 45.3 Å². The van der Waals surface area contributed by atoms with E-state index < -0.39 is 0 Å². The summed E-state index contributed by atoms with van der Waals surface area (Å²) in [6.07, 6.45) is 0. The molecule has 11 aromatic carbocycles. The van der Waals surface area contributed by atoms with E-state index in [1.807, 2.05) is 0 Å². The van der Waals surface area contributed by atoms with Crippen LogP contribution in [-0.2, 0) is 10.8 Å². The zero-order chi connectivity index (χ0) is 48.6. The van der Waals surface area contributed by atoms with Gasteiger partial charge in [-0.25, -0.2) is 0 Å². The van der Waals surface area contributed by atoms with Crippen LogP contribution in [0.3, 0.4) is 0 Å². The molecule has 2 aliphatic carbocycles. The van der Waals surface area contributed by atoms with Crippen LogP contribution in [0.1, 0.15) is 49.9 Å². The van der Waals surface area contributed by atoms with Crippen LogP contribution < -0.4 is 9.80 Å². The van der Waals surface area contributed by atoms with Crippen LogP contribution in [0, 0.1) is 0 Å². The Balaban J connectivity index is 1.02. The Morgan fingerprint density at radius 1 is 0.250 bits per heavy atom. The first-order valence-electron chi connectivity index (χ1n) is 25.2. The van der Waals surface area contributed by atoms with E-state index in [1.54, 1.807) is 0 Å². The first-order chi connectivity index (χ1) is 35.2. The normalized spacial score (nSPS) is 13.5. The molecule has 0 radical (unpaired) electrons. The van der Waals surface area contributed by atoms with Gasteiger partial charge in [0.15, 0.2) is 0 Å². The molecule has 344 valence electrons. The highest BCUT2D eigenvalue weighted by atomic mass is 15.2. The highest BCUT2D eigenvalue weighted by Crippen LogP contribution is 2.53. The van der Waals surface area contributed by atoms with Gasteiger partial charge in [0.05, 0.1) is 0 Å². The summed E-state index contributed by atoms with van der Waals surface area (Å²) in [5, 5.41) is 2.49. The standard InChI is InChI=1S/C70H54N2/c1-69(2)64-30-18-16-28-60(64)62-40-37-54(45-66(62)69)71(52-23-10-6-11-24-52)56-42-51(47-32-34-49(35-33-47)59-39-36-48-20-14-15-27-58(48)68(59)50-21-8-5-9-22-50)43-57(44-56)72(53-25-12-7-13-26-53)55-38-41-63-61-29-17-19-31-65(61)70(3,4)67(63)46-55/h5-46H,1-4H3. The van der Waals surface area contributed by atoms with E-state index in [2.05, 4.69) is 292 Å². The van der Waals surface area contributed by atoms with Gasteiger partial charge in [-0.15, -0.1) is 0 Å². The third kappa shape index (κ3) is 7.09. The van der Waals surface area contributed by atoms with Crippen LogP contribution in [0.4, 0.5) is 34.1 Å². The molecule has 0 N–H and O–H groups in total. The van der Waals surface area contributed by atoms with Gasteiger partial charge in [-0.05, 0) is 155 Å². The SMILES string of the molecule is CC1(C)c2ccccc2-c2ccc(N(c3ccccc3)c3cc(-c4ccc(-c5ccc6ccccc6c5-c5ccccc5)cc4)cc(N(c4ccccc4)c4ccc5c(c4)C(C)(C)c4ccccc4-5)c3)cc21. The minimum atomic E-state index is -0.157. The van der Waals surface area contributed by atoms with Gasteiger partial charge in [-0.3, -0.25) is 0 Å². The number of hydrogen-bond acceptors (Lipinski definition) is 2. The highest BCUT2D eigenvalue weighted by Gasteiger charge is 2.37. The second-order valence-electron chi connectivity index (χ2n) is 20.5. The van der Waals surface area contributed by atoms with Crippen molar-refractivity contribution in [2.24, 2.45) is 0 Å². The van der Waals surface area contributed by atoms with Crippen molar-refractivity contribution in [3.05, 3.63) is 277 Å². The van der Waals surface area contributed by atoms with Crippen LogP contribution in [0.5, 0.6) is 0 Å². The molecule has 0 amide bonds. The van der Waals surface area contributed by atoms with E-state index in [1.165, 1.54) is 77.5 Å². The van der Waals surface area contributed by atoms with Crippen molar-refractivity contribution in [2.45, 2.75) is 38.5 Å². The topological polar surface area (TPSA) is 6.48 Å². The van der Waals surface area contributed by atoms with Gasteiger partial charge in [0, 0.05) is 45.0 Å². The lowest BCUT2D eigenvalue weighted by Crippen LogP contribution is -2.17. The Labute approximate surface area is 423 Å². The molecule has 0 bridgehead atoms. The first-order valence-corrected chi connectivity index (χ1v) is 25.2. The van der Waals surface area contributed by atoms with E-state index >= 15 is 0 Å². The molecule has 0 saturated carbocycles. The lowest BCUT2D eigenvalue weighted by molar-refractivity contribution is 0.660. The van der Waals surface area contributed by atoms with Crippen LogP contribution in [-0.4, -0.2) is 0 Å². The molecule has 0 atom stereocenters. The molecule has 2 heteroatoms. The molecule has 13 rings (SSSR count). The van der Waals surface area contributed by atoms with E-state index in [4.69, 9.17) is 0 Å². The fraction of sp³-hybridized carbons (Fsp3) is 0.0857. The monoisotopic (exact) mass is 922 g/mol. The summed E-state index contributed by atoms with van der Waals surface area (Å²) < 4.78 is 0. The molecule has 0 saturated heterocycles. The quantitative estimate of drug-likeness (QED) is 0.142. The average molecular weight is 923 g/mol. The van der Waals surface area contributed by atoms with E-state index in [-0.39, 0.29) is 10.8 Å². The molecule has 0 fully saturated rings. The zero-order valence-corrected chi connectivity index (χ0v) is 41.1. The number of para-hydroxylation sites is 2. The van der Waals surface area contributed by atoms with Crippen molar-refractivity contribution in [3.63, 3.8) is 0 Å². The van der Waals surface area contributed by atoms with E-state index in [9.17, 15) is 0 Å². The predicted molar refractivity (Wildman–Crippen MR) is 305 cm³/mol. The van der Waals surface area contributed by atoms with Crippen LogP contribution in [0.25, 0.3) is 66.4 Å². The second-order valence-corrected chi connectivity index (χ2v) is 20.5. The maximum Gasteiger partial charge on any atom is 0.0488 e. The molecule has 2 nitrogen and oxygen atoms in total. The Hall–Kier alpha value is -8.72. The van der Waals surface area contributed by atoms with Crippen molar-refractivity contribution in [3.8, 4) is 55.6 Å². The summed E-state index contributed by atoms with van der Waals surface area (Å²) in [7, 11) is 0. The van der Waals surface area contributed by atoms with Gasteiger partial charge < -0.3 is 9.80 Å². The smallest absolute Gasteiger partial charge is 0.0488 e. The maximum atomic E-state index is 2.45. The number of anilines is 6. The Bertz CT molecular complexity index is 3680. The lowest BCUT2D eigenvalue weighted by Gasteiger charge is -2.32. The molecule has 11 aromatic rings. The largest absolute Gasteiger partial charge is 0.310 e. The van der Waals surface area contributed by atoms with Gasteiger partial charge in [-0.2, -0.15) is 0 Å². The highest BCUT2D eigenvalue weighted by molar-refractivity contribution is 6.04. The van der Waals surface area contributed by atoms with Crippen molar-refractivity contribution in [2.75, 3.05) is 9.80 Å². The summed E-state index contributed by atoms with van der Waals surface area (Å²) in [6.45, 7) is 9.47. The molecule has 72 heavy (non-hydrogen) atoms. The second kappa shape index (κ2) is 17.0. The zero-order valence-electron chi connectivity index (χ0n) is 41.1. The third-order valence-electron chi connectivity index (χ3n) is 15.6. The van der Waals surface area contributed by atoms with Gasteiger partial charge in [0.25, 0.3) is 0 Å². The van der Waals surface area contributed by atoms with Crippen molar-refractivity contribution in [1.82, 2.24) is 0 Å². The van der Waals surface area contributed by atoms with Crippen molar-refractivity contribution < 1.29 is 0 Å². The summed E-state index contributed by atoms with van der Waals surface area (Å²) in [5.41, 5.74) is 24.1. The van der Waals surface area contributed by atoms with Crippen molar-refractivity contribution in [1.29, 1.82) is 0 Å². The summed E-state index contributed by atoms with van der Waals surface area (Å²) >= 11 is 0. The molecule has 0 aromatic heterocycles. The molecule has 2 aliphatic rings. The minimum Gasteiger partial charge on any atom is -0.310 e. The van der Waals surface area contributed by atoms with Gasteiger partial charge in [0.2, 0.25) is 0 Å². The Morgan fingerprint density at radius 2 is 0.681 bits per heavy atom. The Kier molecular flexibility index (Phi) is 10.2. The number of hydrogen-bond donors (Lipinski definition) is 0. The number of benzene rings is 11. The average Bonchev–Trinajstić information content (AvgIpc) is 3.80. The molecule has 0 aliphatic heterocycles. The summed E-state index contributed by atoms with van der Waals surface area (Å²) in [4.78, 5) is 4.90. The number of fused-ring (bicyclic) bond motifs is 7. The summed E-state index contributed by atoms with van der Waals surface area (Å²) in [6, 6.07) is 94.3. The lowest BCUT2D eigenvalue weighted by atomic mass is 9.82.